The largest absolute Gasteiger partial charge is 0.478 e. The molecule has 0 aromatic carbocycles. The Morgan fingerprint density at radius 1 is 1.43 bits per heavy atom. The van der Waals surface area contributed by atoms with Crippen molar-refractivity contribution in [3.63, 3.8) is 0 Å². The van der Waals surface area contributed by atoms with Crippen molar-refractivity contribution in [2.45, 2.75) is 20.3 Å². The first-order valence-corrected chi connectivity index (χ1v) is 4.50. The third kappa shape index (κ3) is 2.19. The fraction of sp³-hybridized carbons (Fsp3) is 0.273. The van der Waals surface area contributed by atoms with Crippen LogP contribution in [0.25, 0.3) is 5.57 Å². The highest BCUT2D eigenvalue weighted by atomic mass is 16.4. The minimum Gasteiger partial charge on any atom is -0.478 e. The molecule has 1 aromatic heterocycles. The minimum atomic E-state index is -0.846. The lowest BCUT2D eigenvalue weighted by Crippen LogP contribution is -2.02. The van der Waals surface area contributed by atoms with Crippen molar-refractivity contribution in [1.29, 1.82) is 0 Å². The van der Waals surface area contributed by atoms with Gasteiger partial charge in [0, 0.05) is 18.0 Å². The predicted molar refractivity (Wildman–Crippen MR) is 54.8 cm³/mol. The summed E-state index contributed by atoms with van der Waals surface area (Å²) >= 11 is 0. The molecule has 0 radical (unpaired) electrons. The number of aliphatic carboxylic acids is 1. The Labute approximate surface area is 83.1 Å². The molecule has 0 atom stereocenters. The van der Waals surface area contributed by atoms with E-state index in [2.05, 4.69) is 4.98 Å². The van der Waals surface area contributed by atoms with Crippen molar-refractivity contribution in [2.75, 3.05) is 0 Å². The fourth-order valence-corrected chi connectivity index (χ4v) is 1.35. The Bertz CT molecular complexity index is 355. The van der Waals surface area contributed by atoms with Gasteiger partial charge in [-0.05, 0) is 36.6 Å². The van der Waals surface area contributed by atoms with Gasteiger partial charge in [-0.15, -0.1) is 0 Å². The summed E-state index contributed by atoms with van der Waals surface area (Å²) in [7, 11) is 0. The van der Waals surface area contributed by atoms with Crippen molar-refractivity contribution in [3.8, 4) is 0 Å². The summed E-state index contributed by atoms with van der Waals surface area (Å²) < 4.78 is 0. The lowest BCUT2D eigenvalue weighted by molar-refractivity contribution is -0.132. The van der Waals surface area contributed by atoms with Gasteiger partial charge in [-0.3, -0.25) is 4.98 Å². The van der Waals surface area contributed by atoms with Gasteiger partial charge in [0.1, 0.15) is 0 Å². The zero-order valence-corrected chi connectivity index (χ0v) is 8.32. The van der Waals surface area contributed by atoms with E-state index >= 15 is 0 Å². The highest BCUT2D eigenvalue weighted by Crippen LogP contribution is 2.19. The molecule has 0 saturated carbocycles. The maximum Gasteiger partial charge on any atom is 0.331 e. The second-order valence-corrected chi connectivity index (χ2v) is 3.00. The first kappa shape index (κ1) is 10.4. The van der Waals surface area contributed by atoms with Gasteiger partial charge in [-0.1, -0.05) is 6.92 Å². The number of rotatable bonds is 3. The van der Waals surface area contributed by atoms with E-state index in [1.165, 1.54) is 0 Å². The lowest BCUT2D eigenvalue weighted by Gasteiger charge is -2.05. The van der Waals surface area contributed by atoms with Crippen molar-refractivity contribution in [2.24, 2.45) is 0 Å². The zero-order chi connectivity index (χ0) is 10.6. The first-order chi connectivity index (χ1) is 6.66. The van der Waals surface area contributed by atoms with Gasteiger partial charge < -0.3 is 5.11 Å². The van der Waals surface area contributed by atoms with Gasteiger partial charge in [-0.25, -0.2) is 4.79 Å². The molecule has 3 heteroatoms. The second-order valence-electron chi connectivity index (χ2n) is 3.00. The summed E-state index contributed by atoms with van der Waals surface area (Å²) in [5.41, 5.74) is 2.18. The molecule has 3 nitrogen and oxygen atoms in total. The van der Waals surface area contributed by atoms with Crippen LogP contribution in [0.4, 0.5) is 0 Å². The Balaban J connectivity index is 3.15. The molecular formula is C11H13NO2. The van der Waals surface area contributed by atoms with Crippen LogP contribution in [-0.2, 0) is 4.79 Å². The number of hydrogen-bond acceptors (Lipinski definition) is 2. The van der Waals surface area contributed by atoms with Gasteiger partial charge in [0.15, 0.2) is 0 Å². The maximum absolute atomic E-state index is 10.9. The Morgan fingerprint density at radius 2 is 2.00 bits per heavy atom. The summed E-state index contributed by atoms with van der Waals surface area (Å²) in [6.45, 7) is 3.66. The van der Waals surface area contributed by atoms with Crippen LogP contribution in [0.1, 0.15) is 25.8 Å². The van der Waals surface area contributed by atoms with E-state index in [1.807, 2.05) is 26.0 Å². The van der Waals surface area contributed by atoms with E-state index in [1.54, 1.807) is 12.4 Å². The summed E-state index contributed by atoms with van der Waals surface area (Å²) in [4.78, 5) is 14.8. The van der Waals surface area contributed by atoms with Crippen molar-refractivity contribution in [3.05, 3.63) is 35.7 Å². The molecule has 0 aliphatic heterocycles. The number of carboxylic acids is 1. The normalized spacial score (nSPS) is 12.1. The molecule has 0 aliphatic carbocycles. The quantitative estimate of drug-likeness (QED) is 0.746. The summed E-state index contributed by atoms with van der Waals surface area (Å²) in [6, 6.07) is 3.63. The summed E-state index contributed by atoms with van der Waals surface area (Å²) in [5, 5.41) is 8.93. The Kier molecular flexibility index (Phi) is 3.40. The first-order valence-electron chi connectivity index (χ1n) is 4.50. The summed E-state index contributed by atoms with van der Waals surface area (Å²) in [6.07, 6.45) is 3.85. The molecule has 74 valence electrons. The predicted octanol–water partition coefficient (Wildman–Crippen LogP) is 2.35. The molecule has 1 rings (SSSR count). The molecule has 0 amide bonds. The maximum atomic E-state index is 10.9. The van der Waals surface area contributed by atoms with Crippen LogP contribution >= 0.6 is 0 Å². The van der Waals surface area contributed by atoms with E-state index in [9.17, 15) is 4.79 Å². The smallest absolute Gasteiger partial charge is 0.331 e. The number of carboxylic acid groups (broad SMARTS) is 1. The number of aromatic nitrogens is 1. The van der Waals surface area contributed by atoms with Gasteiger partial charge in [0.2, 0.25) is 0 Å². The molecule has 0 aliphatic rings. The van der Waals surface area contributed by atoms with Gasteiger partial charge in [0.25, 0.3) is 0 Å². The molecule has 1 aromatic rings. The van der Waals surface area contributed by atoms with Crippen molar-refractivity contribution in [1.82, 2.24) is 4.98 Å². The molecule has 14 heavy (non-hydrogen) atoms. The topological polar surface area (TPSA) is 50.2 Å². The Morgan fingerprint density at radius 3 is 2.43 bits per heavy atom. The Hall–Kier alpha value is -1.64. The number of allylic oxidation sites excluding steroid dienone is 1. The average Bonchev–Trinajstić information content (AvgIpc) is 2.19. The minimum absolute atomic E-state index is 0.455. The highest BCUT2D eigenvalue weighted by molar-refractivity contribution is 5.95. The molecule has 1 heterocycles. The van der Waals surface area contributed by atoms with Crippen LogP contribution in [-0.4, -0.2) is 16.1 Å². The van der Waals surface area contributed by atoms with Crippen LogP contribution in [0.3, 0.4) is 0 Å². The van der Waals surface area contributed by atoms with Crippen molar-refractivity contribution >= 4 is 11.5 Å². The monoisotopic (exact) mass is 191 g/mol. The molecule has 0 bridgehead atoms. The van der Waals surface area contributed by atoms with E-state index in [0.29, 0.717) is 12.0 Å². The van der Waals surface area contributed by atoms with E-state index in [4.69, 9.17) is 5.11 Å². The van der Waals surface area contributed by atoms with Crippen LogP contribution in [0.5, 0.6) is 0 Å². The molecule has 1 N–H and O–H groups in total. The molecule has 0 fully saturated rings. The third-order valence-corrected chi connectivity index (χ3v) is 2.18. The second kappa shape index (κ2) is 4.56. The van der Waals surface area contributed by atoms with Gasteiger partial charge in [-0.2, -0.15) is 0 Å². The number of carbonyl (C=O) groups is 1. The number of nitrogens with zero attached hydrogens (tertiary/aromatic N) is 1. The average molecular weight is 191 g/mol. The third-order valence-electron chi connectivity index (χ3n) is 2.18. The molecular weight excluding hydrogens is 178 g/mol. The number of pyridine rings is 1. The van der Waals surface area contributed by atoms with Gasteiger partial charge in [0.05, 0.1) is 0 Å². The number of hydrogen-bond donors (Lipinski definition) is 1. The molecule has 0 unspecified atom stereocenters. The van der Waals surface area contributed by atoms with Crippen LogP contribution in [0.2, 0.25) is 0 Å². The standard InChI is InChI=1S/C11H13NO2/c1-3-10(11(13)14)8(2)9-4-6-12-7-5-9/h4-7H,3H2,1-2H3,(H,13,14). The zero-order valence-electron chi connectivity index (χ0n) is 8.32. The molecule has 0 spiro atoms. The summed E-state index contributed by atoms with van der Waals surface area (Å²) in [5.74, 6) is -0.846. The van der Waals surface area contributed by atoms with E-state index in [0.717, 1.165) is 11.1 Å². The van der Waals surface area contributed by atoms with Crippen molar-refractivity contribution < 1.29 is 9.90 Å². The highest BCUT2D eigenvalue weighted by Gasteiger charge is 2.09. The van der Waals surface area contributed by atoms with E-state index in [-0.39, 0.29) is 0 Å². The van der Waals surface area contributed by atoms with E-state index < -0.39 is 5.97 Å². The van der Waals surface area contributed by atoms with Crippen LogP contribution in [0.15, 0.2) is 30.1 Å². The molecule has 0 saturated heterocycles. The lowest BCUT2D eigenvalue weighted by atomic mass is 10.0. The van der Waals surface area contributed by atoms with Crippen LogP contribution < -0.4 is 0 Å². The van der Waals surface area contributed by atoms with Gasteiger partial charge >= 0.3 is 5.97 Å². The van der Waals surface area contributed by atoms with Crippen LogP contribution in [0, 0.1) is 0 Å². The SMILES string of the molecule is CCC(C(=O)O)=C(C)c1ccncc1. The fourth-order valence-electron chi connectivity index (χ4n) is 1.35.